The van der Waals surface area contributed by atoms with E-state index in [4.69, 9.17) is 0 Å². The molecule has 0 bridgehead atoms. The van der Waals surface area contributed by atoms with E-state index in [0.29, 0.717) is 22.9 Å². The zero-order chi connectivity index (χ0) is 18.5. The van der Waals surface area contributed by atoms with Crippen molar-refractivity contribution < 1.29 is 18.0 Å². The van der Waals surface area contributed by atoms with Crippen LogP contribution >= 0.6 is 11.8 Å². The number of halogens is 3. The van der Waals surface area contributed by atoms with Crippen molar-refractivity contribution in [3.8, 4) is 0 Å². The van der Waals surface area contributed by atoms with Gasteiger partial charge in [0.15, 0.2) is 0 Å². The molecule has 2 aromatic carbocycles. The first-order valence-corrected chi connectivity index (χ1v) is 9.43. The van der Waals surface area contributed by atoms with Crippen LogP contribution in [0.5, 0.6) is 0 Å². The van der Waals surface area contributed by atoms with Crippen molar-refractivity contribution in [1.29, 1.82) is 0 Å². The number of alkyl halides is 3. The topological polar surface area (TPSA) is 29.1 Å². The second kappa shape index (κ2) is 6.34. The Morgan fingerprint density at radius 3 is 2.58 bits per heavy atom. The van der Waals surface area contributed by atoms with E-state index >= 15 is 0 Å². The molecule has 0 aromatic heterocycles. The van der Waals surface area contributed by atoms with E-state index in [1.54, 1.807) is 0 Å². The van der Waals surface area contributed by atoms with Crippen LogP contribution in [0, 0.1) is 11.8 Å². The zero-order valence-corrected chi connectivity index (χ0v) is 15.0. The lowest BCUT2D eigenvalue weighted by molar-refractivity contribution is -0.137. The number of benzene rings is 2. The van der Waals surface area contributed by atoms with Crippen LogP contribution in [-0.4, -0.2) is 5.91 Å². The van der Waals surface area contributed by atoms with Gasteiger partial charge in [-0.05, 0) is 48.1 Å². The Kier molecular flexibility index (Phi) is 4.26. The van der Waals surface area contributed by atoms with Gasteiger partial charge < -0.3 is 5.32 Å². The van der Waals surface area contributed by atoms with Crippen molar-refractivity contribution in [2.75, 3.05) is 5.32 Å². The normalized spacial score (nSPS) is 21.4. The number of hydrogen-bond acceptors (Lipinski definition) is 2. The maximum absolute atomic E-state index is 13.3. The number of rotatable bonds is 2. The van der Waals surface area contributed by atoms with Gasteiger partial charge >= 0.3 is 6.18 Å². The van der Waals surface area contributed by atoms with Gasteiger partial charge in [-0.1, -0.05) is 36.9 Å². The average Bonchev–Trinajstić information content (AvgIpc) is 2.56. The zero-order valence-electron chi connectivity index (χ0n) is 14.2. The van der Waals surface area contributed by atoms with Crippen LogP contribution in [0.4, 0.5) is 18.9 Å². The SMILES string of the molecule is CC1CC(C(=O)Nc2cc(C(F)(F)F)cc3c2Cc2ccccc2S3)C1. The standard InChI is InChI=1S/C20H18F3NOS/c1-11-6-13(7-11)19(25)24-16-9-14(20(21,22)23)10-18-15(16)8-12-4-2-3-5-17(12)26-18/h2-5,9-11,13H,6-8H2,1H3,(H,24,25). The molecular weight excluding hydrogens is 359 g/mol. The van der Waals surface area contributed by atoms with Crippen molar-refractivity contribution >= 4 is 23.4 Å². The van der Waals surface area contributed by atoms with Gasteiger partial charge in [-0.15, -0.1) is 0 Å². The Bertz CT molecular complexity index is 872. The molecule has 0 atom stereocenters. The molecule has 2 aliphatic rings. The Morgan fingerprint density at radius 2 is 1.88 bits per heavy atom. The van der Waals surface area contributed by atoms with Crippen LogP contribution in [0.1, 0.15) is 36.5 Å². The highest BCUT2D eigenvalue weighted by Gasteiger charge is 2.35. The van der Waals surface area contributed by atoms with E-state index in [2.05, 4.69) is 12.2 Å². The van der Waals surface area contributed by atoms with Crippen LogP contribution in [-0.2, 0) is 17.4 Å². The van der Waals surface area contributed by atoms with Gasteiger partial charge in [0.2, 0.25) is 5.91 Å². The molecule has 1 heterocycles. The molecule has 0 saturated heterocycles. The quantitative estimate of drug-likeness (QED) is 0.616. The number of fused-ring (bicyclic) bond motifs is 2. The minimum atomic E-state index is -4.45. The van der Waals surface area contributed by atoms with Crippen molar-refractivity contribution in [3.05, 3.63) is 53.1 Å². The van der Waals surface area contributed by atoms with E-state index in [0.717, 1.165) is 34.9 Å². The summed E-state index contributed by atoms with van der Waals surface area (Å²) < 4.78 is 40.0. The molecule has 0 radical (unpaired) electrons. The average molecular weight is 377 g/mol. The maximum Gasteiger partial charge on any atom is 0.416 e. The van der Waals surface area contributed by atoms with Crippen molar-refractivity contribution in [2.45, 2.75) is 42.2 Å². The number of hydrogen-bond donors (Lipinski definition) is 1. The van der Waals surface area contributed by atoms with Gasteiger partial charge in [-0.25, -0.2) is 0 Å². The van der Waals surface area contributed by atoms with Gasteiger partial charge in [0.05, 0.1) is 5.56 Å². The summed E-state index contributed by atoms with van der Waals surface area (Å²) in [6.45, 7) is 2.07. The molecule has 1 N–H and O–H groups in total. The molecule has 0 unspecified atom stereocenters. The van der Waals surface area contributed by atoms with Gasteiger partial charge in [0.1, 0.15) is 0 Å². The second-order valence-electron chi connectivity index (χ2n) is 7.15. The highest BCUT2D eigenvalue weighted by Crippen LogP contribution is 2.45. The molecule has 26 heavy (non-hydrogen) atoms. The summed E-state index contributed by atoms with van der Waals surface area (Å²) in [4.78, 5) is 14.0. The molecule has 1 aliphatic carbocycles. The van der Waals surface area contributed by atoms with E-state index in [9.17, 15) is 18.0 Å². The molecular formula is C20H18F3NOS. The predicted octanol–water partition coefficient (Wildman–Crippen LogP) is 5.75. The summed E-state index contributed by atoms with van der Waals surface area (Å²) in [6, 6.07) is 9.96. The van der Waals surface area contributed by atoms with Crippen molar-refractivity contribution in [1.82, 2.24) is 0 Å². The van der Waals surface area contributed by atoms with Gasteiger partial charge in [-0.3, -0.25) is 4.79 Å². The number of carbonyl (C=O) groups excluding carboxylic acids is 1. The Balaban J connectivity index is 1.71. The Morgan fingerprint density at radius 1 is 1.15 bits per heavy atom. The van der Waals surface area contributed by atoms with Crippen molar-refractivity contribution in [2.24, 2.45) is 11.8 Å². The minimum absolute atomic E-state index is 0.0984. The van der Waals surface area contributed by atoms with Gasteiger partial charge in [-0.2, -0.15) is 13.2 Å². The molecule has 1 saturated carbocycles. The second-order valence-corrected chi connectivity index (χ2v) is 8.23. The van der Waals surface area contributed by atoms with Crippen LogP contribution in [0.15, 0.2) is 46.2 Å². The van der Waals surface area contributed by atoms with Gasteiger partial charge in [0, 0.05) is 27.8 Å². The Hall–Kier alpha value is -1.95. The van der Waals surface area contributed by atoms with Crippen LogP contribution in [0.3, 0.4) is 0 Å². The largest absolute Gasteiger partial charge is 0.416 e. The molecule has 2 nitrogen and oxygen atoms in total. The first kappa shape index (κ1) is 17.5. The maximum atomic E-state index is 13.3. The lowest BCUT2D eigenvalue weighted by Gasteiger charge is -2.32. The van der Waals surface area contributed by atoms with Crippen LogP contribution in [0.25, 0.3) is 0 Å². The molecule has 0 spiro atoms. The highest BCUT2D eigenvalue weighted by atomic mass is 32.2. The van der Waals surface area contributed by atoms with E-state index in [1.165, 1.54) is 17.8 Å². The molecule has 136 valence electrons. The predicted molar refractivity (Wildman–Crippen MR) is 95.3 cm³/mol. The van der Waals surface area contributed by atoms with Crippen molar-refractivity contribution in [3.63, 3.8) is 0 Å². The fraction of sp³-hybridized carbons (Fsp3) is 0.350. The van der Waals surface area contributed by atoms with Crippen LogP contribution in [0.2, 0.25) is 0 Å². The summed E-state index contributed by atoms with van der Waals surface area (Å²) in [5, 5.41) is 2.78. The monoisotopic (exact) mass is 377 g/mol. The van der Waals surface area contributed by atoms with Gasteiger partial charge in [0.25, 0.3) is 0 Å². The highest BCUT2D eigenvalue weighted by molar-refractivity contribution is 7.99. The minimum Gasteiger partial charge on any atom is -0.326 e. The summed E-state index contributed by atoms with van der Waals surface area (Å²) in [7, 11) is 0. The fourth-order valence-electron chi connectivity index (χ4n) is 3.60. The smallest absolute Gasteiger partial charge is 0.326 e. The lowest BCUT2D eigenvalue weighted by atomic mass is 9.75. The molecule has 1 fully saturated rings. The van der Waals surface area contributed by atoms with E-state index < -0.39 is 11.7 Å². The third kappa shape index (κ3) is 3.22. The molecule has 2 aromatic rings. The number of carbonyl (C=O) groups is 1. The number of nitrogens with one attached hydrogen (secondary N) is 1. The third-order valence-electron chi connectivity index (χ3n) is 5.10. The molecule has 6 heteroatoms. The fourth-order valence-corrected chi connectivity index (χ4v) is 4.75. The van der Waals surface area contributed by atoms with E-state index in [1.807, 2.05) is 24.3 Å². The molecule has 4 rings (SSSR count). The first-order chi connectivity index (χ1) is 12.3. The Labute approximate surface area is 154 Å². The lowest BCUT2D eigenvalue weighted by Crippen LogP contribution is -2.33. The summed E-state index contributed by atoms with van der Waals surface area (Å²) >= 11 is 1.33. The number of anilines is 1. The molecule has 1 aliphatic heterocycles. The third-order valence-corrected chi connectivity index (χ3v) is 6.30. The van der Waals surface area contributed by atoms with E-state index in [-0.39, 0.29) is 11.8 Å². The molecule has 1 amide bonds. The summed E-state index contributed by atoms with van der Waals surface area (Å²) in [5.41, 5.74) is 1.40. The summed E-state index contributed by atoms with van der Waals surface area (Å²) in [5.74, 6) is 0.232. The number of amides is 1. The summed E-state index contributed by atoms with van der Waals surface area (Å²) in [6.07, 6.45) is -2.33. The van der Waals surface area contributed by atoms with Crippen LogP contribution < -0.4 is 5.32 Å². The first-order valence-electron chi connectivity index (χ1n) is 8.62.